The molecule has 3 aromatic rings. The number of carbonyl (C=O) groups is 2. The minimum absolute atomic E-state index is 0. The van der Waals surface area contributed by atoms with Gasteiger partial charge in [-0.2, -0.15) is 0 Å². The van der Waals surface area contributed by atoms with Gasteiger partial charge in [0, 0.05) is 31.2 Å². The lowest BCUT2D eigenvalue weighted by Gasteiger charge is -2.29. The summed E-state index contributed by atoms with van der Waals surface area (Å²) in [6.45, 7) is 3.64. The Morgan fingerprint density at radius 1 is 1.00 bits per heavy atom. The van der Waals surface area contributed by atoms with Crippen molar-refractivity contribution in [3.8, 4) is 0 Å². The third kappa shape index (κ3) is 6.06. The van der Waals surface area contributed by atoms with Gasteiger partial charge in [-0.25, -0.2) is 9.97 Å². The fourth-order valence-corrected chi connectivity index (χ4v) is 4.83. The Morgan fingerprint density at radius 3 is 2.33 bits per heavy atom. The van der Waals surface area contributed by atoms with Crippen molar-refractivity contribution in [1.29, 1.82) is 0 Å². The molecular formula is C20H18Cl4N6O2S. The average Bonchev–Trinajstić information content (AvgIpc) is 3.22. The number of anilines is 3. The predicted octanol–water partition coefficient (Wildman–Crippen LogP) is 4.83. The largest absolute Gasteiger partial charge is 0.368 e. The summed E-state index contributed by atoms with van der Waals surface area (Å²) < 4.78 is 0. The zero-order valence-corrected chi connectivity index (χ0v) is 20.8. The second-order valence-electron chi connectivity index (χ2n) is 6.82. The number of nitrogens with zero attached hydrogens (tertiary/aromatic N) is 3. The van der Waals surface area contributed by atoms with Gasteiger partial charge in [0.2, 0.25) is 0 Å². The van der Waals surface area contributed by atoms with E-state index in [1.165, 1.54) is 17.6 Å². The van der Waals surface area contributed by atoms with E-state index in [-0.39, 0.29) is 38.7 Å². The van der Waals surface area contributed by atoms with E-state index in [1.807, 2.05) is 6.07 Å². The van der Waals surface area contributed by atoms with E-state index in [1.54, 1.807) is 12.3 Å². The minimum Gasteiger partial charge on any atom is -0.368 e. The number of hydrogen-bond donors (Lipinski definition) is 3. The average molecular weight is 548 g/mol. The molecule has 0 spiro atoms. The molecule has 1 fully saturated rings. The monoisotopic (exact) mass is 546 g/mol. The number of rotatable bonds is 5. The number of aromatic nitrogens is 2. The number of thiazole rings is 1. The highest BCUT2D eigenvalue weighted by molar-refractivity contribution is 7.14. The van der Waals surface area contributed by atoms with Crippen LogP contribution in [-0.2, 0) is 0 Å². The van der Waals surface area contributed by atoms with Gasteiger partial charge < -0.3 is 20.9 Å². The van der Waals surface area contributed by atoms with Crippen molar-refractivity contribution in [2.24, 2.45) is 0 Å². The molecule has 0 bridgehead atoms. The quantitative estimate of drug-likeness (QED) is 0.423. The van der Waals surface area contributed by atoms with Crippen LogP contribution in [0.1, 0.15) is 20.8 Å². The zero-order valence-electron chi connectivity index (χ0n) is 16.9. The Kier molecular flexibility index (Phi) is 8.75. The van der Waals surface area contributed by atoms with Gasteiger partial charge in [0.05, 0.1) is 33.0 Å². The molecule has 0 unspecified atom stereocenters. The molecule has 3 N–H and O–H groups in total. The number of piperazine rings is 1. The summed E-state index contributed by atoms with van der Waals surface area (Å²) in [4.78, 5) is 36.0. The predicted molar refractivity (Wildman–Crippen MR) is 136 cm³/mol. The normalized spacial score (nSPS) is 13.2. The van der Waals surface area contributed by atoms with Crippen molar-refractivity contribution in [2.75, 3.05) is 41.7 Å². The highest BCUT2D eigenvalue weighted by Crippen LogP contribution is 2.31. The van der Waals surface area contributed by atoms with E-state index >= 15 is 0 Å². The van der Waals surface area contributed by atoms with Gasteiger partial charge in [-0.3, -0.25) is 9.59 Å². The van der Waals surface area contributed by atoms with E-state index in [4.69, 9.17) is 34.8 Å². The van der Waals surface area contributed by atoms with Crippen LogP contribution >= 0.6 is 58.5 Å². The first-order valence-corrected chi connectivity index (χ1v) is 11.6. The lowest BCUT2D eigenvalue weighted by atomic mass is 10.2. The summed E-state index contributed by atoms with van der Waals surface area (Å²) in [6.07, 6.45) is 1.72. The molecule has 1 aromatic carbocycles. The van der Waals surface area contributed by atoms with Crippen LogP contribution < -0.4 is 20.9 Å². The number of amides is 2. The van der Waals surface area contributed by atoms with E-state index in [0.717, 1.165) is 43.2 Å². The Hall–Kier alpha value is -2.14. The van der Waals surface area contributed by atoms with Crippen LogP contribution in [-0.4, -0.2) is 48.0 Å². The van der Waals surface area contributed by atoms with Crippen molar-refractivity contribution >= 4 is 86.9 Å². The maximum absolute atomic E-state index is 12.7. The molecule has 0 saturated carbocycles. The number of benzene rings is 1. The Bertz CT molecular complexity index is 1130. The zero-order chi connectivity index (χ0) is 22.7. The van der Waals surface area contributed by atoms with Crippen LogP contribution in [0.3, 0.4) is 0 Å². The van der Waals surface area contributed by atoms with Crippen LogP contribution in [0.25, 0.3) is 0 Å². The smallest absolute Gasteiger partial charge is 0.278 e. The summed E-state index contributed by atoms with van der Waals surface area (Å²) in [5.41, 5.74) is 2.55. The molecule has 33 heavy (non-hydrogen) atoms. The van der Waals surface area contributed by atoms with Crippen LogP contribution in [0.15, 0.2) is 36.0 Å². The van der Waals surface area contributed by atoms with Gasteiger partial charge in [0.15, 0.2) is 5.69 Å². The number of hydrogen-bond acceptors (Lipinski definition) is 7. The molecule has 0 radical (unpaired) electrons. The standard InChI is InChI=1S/C20H17Cl3N6O2S.ClH/c21-11-7-13(22)16(14(23)8-11)18(30)28-20-17(26-10-32-20)19(31)27-15-2-1-12(9-25-15)29-5-3-24-4-6-29;/h1-2,7-10,24H,3-6H2,(H,28,30)(H,25,27,31);1H. The maximum Gasteiger partial charge on any atom is 0.278 e. The molecule has 2 amide bonds. The topological polar surface area (TPSA) is 99.2 Å². The fourth-order valence-electron chi connectivity index (χ4n) is 3.17. The fraction of sp³-hybridized carbons (Fsp3) is 0.200. The third-order valence-electron chi connectivity index (χ3n) is 4.72. The molecule has 1 saturated heterocycles. The van der Waals surface area contributed by atoms with Crippen LogP contribution in [0.4, 0.5) is 16.5 Å². The lowest BCUT2D eigenvalue weighted by molar-refractivity contribution is 0.102. The molecule has 8 nitrogen and oxygen atoms in total. The molecule has 2 aromatic heterocycles. The SMILES string of the molecule is Cl.O=C(Nc1ccc(N2CCNCC2)cn1)c1ncsc1NC(=O)c1c(Cl)cc(Cl)cc1Cl. The molecule has 1 aliphatic heterocycles. The van der Waals surface area contributed by atoms with E-state index < -0.39 is 11.8 Å². The molecule has 3 heterocycles. The number of halogens is 4. The van der Waals surface area contributed by atoms with Gasteiger partial charge in [-0.15, -0.1) is 23.7 Å². The number of nitrogens with one attached hydrogen (secondary N) is 3. The van der Waals surface area contributed by atoms with Gasteiger partial charge in [0.25, 0.3) is 11.8 Å². The van der Waals surface area contributed by atoms with Crippen LogP contribution in [0, 0.1) is 0 Å². The third-order valence-corrected chi connectivity index (χ3v) is 6.27. The first kappa shape index (κ1) is 25.5. The molecule has 0 aliphatic carbocycles. The highest BCUT2D eigenvalue weighted by atomic mass is 35.5. The summed E-state index contributed by atoms with van der Waals surface area (Å²) in [7, 11) is 0. The number of carbonyl (C=O) groups excluding carboxylic acids is 2. The Morgan fingerprint density at radius 2 is 1.70 bits per heavy atom. The van der Waals surface area contributed by atoms with E-state index in [9.17, 15) is 9.59 Å². The molecule has 0 atom stereocenters. The maximum atomic E-state index is 12.7. The lowest BCUT2D eigenvalue weighted by Crippen LogP contribution is -2.43. The molecule has 174 valence electrons. The van der Waals surface area contributed by atoms with Gasteiger partial charge in [0.1, 0.15) is 10.8 Å². The van der Waals surface area contributed by atoms with Gasteiger partial charge in [-0.1, -0.05) is 34.8 Å². The first-order chi connectivity index (χ1) is 15.4. The second kappa shape index (κ2) is 11.3. The van der Waals surface area contributed by atoms with Crippen molar-refractivity contribution < 1.29 is 9.59 Å². The summed E-state index contributed by atoms with van der Waals surface area (Å²) in [5, 5.41) is 9.41. The number of pyridine rings is 1. The Balaban J connectivity index is 0.00000306. The molecule has 13 heteroatoms. The highest BCUT2D eigenvalue weighted by Gasteiger charge is 2.21. The van der Waals surface area contributed by atoms with E-state index in [2.05, 4.69) is 30.8 Å². The van der Waals surface area contributed by atoms with Gasteiger partial charge >= 0.3 is 0 Å². The minimum atomic E-state index is -0.575. The van der Waals surface area contributed by atoms with Crippen LogP contribution in [0.5, 0.6) is 0 Å². The van der Waals surface area contributed by atoms with Crippen molar-refractivity contribution in [3.63, 3.8) is 0 Å². The summed E-state index contributed by atoms with van der Waals surface area (Å²) >= 11 is 19.2. The molecule has 1 aliphatic rings. The Labute approximate surface area is 215 Å². The molecule has 4 rings (SSSR count). The van der Waals surface area contributed by atoms with Gasteiger partial charge in [-0.05, 0) is 24.3 Å². The van der Waals surface area contributed by atoms with Crippen molar-refractivity contribution in [2.45, 2.75) is 0 Å². The summed E-state index contributed by atoms with van der Waals surface area (Å²) in [5.74, 6) is -0.700. The first-order valence-electron chi connectivity index (χ1n) is 9.55. The molecular weight excluding hydrogens is 530 g/mol. The van der Waals surface area contributed by atoms with Crippen LogP contribution in [0.2, 0.25) is 15.1 Å². The van der Waals surface area contributed by atoms with Crippen molar-refractivity contribution in [1.82, 2.24) is 15.3 Å². The summed E-state index contributed by atoms with van der Waals surface area (Å²) in [6, 6.07) is 6.47. The van der Waals surface area contributed by atoms with Crippen molar-refractivity contribution in [3.05, 3.63) is 62.3 Å². The second-order valence-corrected chi connectivity index (χ2v) is 8.93. The van der Waals surface area contributed by atoms with E-state index in [0.29, 0.717) is 10.8 Å².